The number of hydrogen-bond donors (Lipinski definition) is 1. The van der Waals surface area contributed by atoms with Gasteiger partial charge < -0.3 is 9.88 Å². The van der Waals surface area contributed by atoms with E-state index in [1.165, 1.54) is 11.1 Å². The Bertz CT molecular complexity index is 611. The van der Waals surface area contributed by atoms with E-state index in [1.54, 1.807) is 6.20 Å². The van der Waals surface area contributed by atoms with Gasteiger partial charge in [0, 0.05) is 37.8 Å². The molecule has 23 heavy (non-hydrogen) atoms. The van der Waals surface area contributed by atoms with Gasteiger partial charge in [-0.3, -0.25) is 4.79 Å². The van der Waals surface area contributed by atoms with Gasteiger partial charge in [-0.25, -0.2) is 4.98 Å². The normalized spacial score (nSPS) is 15.8. The summed E-state index contributed by atoms with van der Waals surface area (Å²) in [6.07, 6.45) is 8.18. The lowest BCUT2D eigenvalue weighted by atomic mass is 9.95. The third-order valence-corrected chi connectivity index (χ3v) is 4.81. The van der Waals surface area contributed by atoms with E-state index in [1.807, 2.05) is 11.1 Å². The Balaban J connectivity index is 1.45. The fourth-order valence-electron chi connectivity index (χ4n) is 3.25. The van der Waals surface area contributed by atoms with Crippen molar-refractivity contribution in [3.8, 4) is 0 Å². The summed E-state index contributed by atoms with van der Waals surface area (Å²) in [5.74, 6) is 1.81. The van der Waals surface area contributed by atoms with Crippen LogP contribution in [0.15, 0.2) is 36.7 Å². The molecule has 1 N–H and O–H groups in total. The van der Waals surface area contributed by atoms with Crippen LogP contribution in [0.3, 0.4) is 0 Å². The second kappa shape index (κ2) is 7.44. The van der Waals surface area contributed by atoms with Gasteiger partial charge in [0.15, 0.2) is 0 Å². The van der Waals surface area contributed by atoms with E-state index in [9.17, 15) is 4.79 Å². The van der Waals surface area contributed by atoms with Gasteiger partial charge in [-0.15, -0.1) is 0 Å². The molecule has 0 radical (unpaired) electrons. The molecule has 0 unspecified atom stereocenters. The molecule has 4 heteroatoms. The number of nitrogens with one attached hydrogen (secondary N) is 1. The first-order valence-corrected chi connectivity index (χ1v) is 8.61. The van der Waals surface area contributed by atoms with Gasteiger partial charge in [0.25, 0.3) is 0 Å². The Hall–Kier alpha value is -2.10. The van der Waals surface area contributed by atoms with Gasteiger partial charge in [0.2, 0.25) is 5.91 Å². The number of aryl methyl sites for hydroxylation is 2. The molecule has 1 aliphatic rings. The van der Waals surface area contributed by atoms with Crippen molar-refractivity contribution in [3.63, 3.8) is 0 Å². The summed E-state index contributed by atoms with van der Waals surface area (Å²) in [6, 6.07) is 8.62. The zero-order valence-electron chi connectivity index (χ0n) is 13.8. The third-order valence-electron chi connectivity index (χ3n) is 4.81. The van der Waals surface area contributed by atoms with E-state index in [4.69, 9.17) is 0 Å². The lowest BCUT2D eigenvalue weighted by Gasteiger charge is -2.31. The molecule has 1 aromatic carbocycles. The fourth-order valence-corrected chi connectivity index (χ4v) is 3.25. The second-order valence-corrected chi connectivity index (χ2v) is 6.30. The summed E-state index contributed by atoms with van der Waals surface area (Å²) in [6.45, 7) is 3.85. The van der Waals surface area contributed by atoms with E-state index in [0.29, 0.717) is 12.3 Å². The number of H-pyrrole nitrogens is 1. The van der Waals surface area contributed by atoms with Gasteiger partial charge >= 0.3 is 0 Å². The predicted octanol–water partition coefficient (Wildman–Crippen LogP) is 3.31. The number of carbonyl (C=O) groups is 1. The highest BCUT2D eigenvalue weighted by Crippen LogP contribution is 2.25. The van der Waals surface area contributed by atoms with E-state index < -0.39 is 0 Å². The van der Waals surface area contributed by atoms with Gasteiger partial charge in [-0.2, -0.15) is 0 Å². The molecule has 2 aromatic rings. The molecular weight excluding hydrogens is 286 g/mol. The Morgan fingerprint density at radius 2 is 1.91 bits per heavy atom. The zero-order valence-corrected chi connectivity index (χ0v) is 13.8. The van der Waals surface area contributed by atoms with Crippen LogP contribution in [-0.4, -0.2) is 33.9 Å². The van der Waals surface area contributed by atoms with Crippen LogP contribution in [0.5, 0.6) is 0 Å². The molecule has 1 aromatic heterocycles. The van der Waals surface area contributed by atoms with Crippen LogP contribution in [0.1, 0.15) is 49.1 Å². The minimum atomic E-state index is 0.280. The first kappa shape index (κ1) is 15.8. The topological polar surface area (TPSA) is 49.0 Å². The maximum Gasteiger partial charge on any atom is 0.222 e. The summed E-state index contributed by atoms with van der Waals surface area (Å²) in [5, 5.41) is 0. The Morgan fingerprint density at radius 1 is 1.22 bits per heavy atom. The van der Waals surface area contributed by atoms with Crippen molar-refractivity contribution in [3.05, 3.63) is 53.6 Å². The second-order valence-electron chi connectivity index (χ2n) is 6.30. The van der Waals surface area contributed by atoms with Gasteiger partial charge in [0.05, 0.1) is 0 Å². The number of piperidine rings is 1. The monoisotopic (exact) mass is 311 g/mol. The SMILES string of the molecule is CCc1ccc(CCC(=O)N2CCC(c3ncc[nH]3)CC2)cc1. The van der Waals surface area contributed by atoms with Crippen LogP contribution < -0.4 is 0 Å². The first-order chi connectivity index (χ1) is 11.3. The number of hydrogen-bond acceptors (Lipinski definition) is 2. The van der Waals surface area contributed by atoms with Crippen LogP contribution in [-0.2, 0) is 17.6 Å². The average molecular weight is 311 g/mol. The summed E-state index contributed by atoms with van der Waals surface area (Å²) in [5.41, 5.74) is 2.60. The highest BCUT2D eigenvalue weighted by molar-refractivity contribution is 5.76. The van der Waals surface area contributed by atoms with Gasteiger partial charge in [-0.1, -0.05) is 31.2 Å². The van der Waals surface area contributed by atoms with Crippen LogP contribution in [0.2, 0.25) is 0 Å². The summed E-state index contributed by atoms with van der Waals surface area (Å²) in [4.78, 5) is 21.9. The van der Waals surface area contributed by atoms with Gasteiger partial charge in [0.1, 0.15) is 5.82 Å². The number of imidazole rings is 1. The lowest BCUT2D eigenvalue weighted by Crippen LogP contribution is -2.38. The average Bonchev–Trinajstić information content (AvgIpc) is 3.15. The summed E-state index contributed by atoms with van der Waals surface area (Å²) >= 11 is 0. The third kappa shape index (κ3) is 4.01. The van der Waals surface area contributed by atoms with E-state index in [-0.39, 0.29) is 5.91 Å². The molecule has 0 atom stereocenters. The molecule has 0 spiro atoms. The number of carbonyl (C=O) groups excluding carboxylic acids is 1. The highest BCUT2D eigenvalue weighted by Gasteiger charge is 2.24. The Morgan fingerprint density at radius 3 is 2.52 bits per heavy atom. The quantitative estimate of drug-likeness (QED) is 0.921. The summed E-state index contributed by atoms with van der Waals surface area (Å²) in [7, 11) is 0. The molecule has 1 amide bonds. The van der Waals surface area contributed by atoms with Crippen LogP contribution in [0.4, 0.5) is 0 Å². The molecule has 3 rings (SSSR count). The molecule has 122 valence electrons. The number of aromatic amines is 1. The highest BCUT2D eigenvalue weighted by atomic mass is 16.2. The standard InChI is InChI=1S/C19H25N3O/c1-2-15-3-5-16(6-4-15)7-8-18(23)22-13-9-17(10-14-22)19-20-11-12-21-19/h3-6,11-12,17H,2,7-10,13-14H2,1H3,(H,20,21). The van der Waals surface area contributed by atoms with Crippen LogP contribution in [0.25, 0.3) is 0 Å². The number of amides is 1. The van der Waals surface area contributed by atoms with Crippen molar-refractivity contribution in [2.75, 3.05) is 13.1 Å². The number of rotatable bonds is 5. The molecule has 0 aliphatic carbocycles. The number of aromatic nitrogens is 2. The Labute approximate surface area is 137 Å². The summed E-state index contributed by atoms with van der Waals surface area (Å²) < 4.78 is 0. The lowest BCUT2D eigenvalue weighted by molar-refractivity contribution is -0.132. The molecule has 0 bridgehead atoms. The predicted molar refractivity (Wildman–Crippen MR) is 91.3 cm³/mol. The molecule has 2 heterocycles. The maximum atomic E-state index is 12.4. The fraction of sp³-hybridized carbons (Fsp3) is 0.474. The van der Waals surface area contributed by atoms with Gasteiger partial charge in [-0.05, 0) is 36.8 Å². The molecule has 1 saturated heterocycles. The number of nitrogens with zero attached hydrogens (tertiary/aromatic N) is 2. The van der Waals surface area contributed by atoms with Crippen LogP contribution in [0, 0.1) is 0 Å². The molecule has 4 nitrogen and oxygen atoms in total. The molecule has 0 saturated carbocycles. The molecular formula is C19H25N3O. The van der Waals surface area contributed by atoms with Crippen molar-refractivity contribution >= 4 is 5.91 Å². The van der Waals surface area contributed by atoms with E-state index in [0.717, 1.165) is 44.6 Å². The minimum Gasteiger partial charge on any atom is -0.348 e. The molecule has 1 fully saturated rings. The molecule has 1 aliphatic heterocycles. The van der Waals surface area contributed by atoms with Crippen molar-refractivity contribution in [2.24, 2.45) is 0 Å². The smallest absolute Gasteiger partial charge is 0.222 e. The minimum absolute atomic E-state index is 0.280. The maximum absolute atomic E-state index is 12.4. The number of benzene rings is 1. The zero-order chi connectivity index (χ0) is 16.1. The van der Waals surface area contributed by atoms with E-state index in [2.05, 4.69) is 41.2 Å². The van der Waals surface area contributed by atoms with Crippen molar-refractivity contribution < 1.29 is 4.79 Å². The number of likely N-dealkylation sites (tertiary alicyclic amines) is 1. The van der Waals surface area contributed by atoms with Crippen molar-refractivity contribution in [1.82, 2.24) is 14.9 Å². The Kier molecular flexibility index (Phi) is 5.11. The van der Waals surface area contributed by atoms with Crippen LogP contribution >= 0.6 is 0 Å². The van der Waals surface area contributed by atoms with Crippen molar-refractivity contribution in [2.45, 2.75) is 44.9 Å². The first-order valence-electron chi connectivity index (χ1n) is 8.61. The largest absolute Gasteiger partial charge is 0.348 e. The van der Waals surface area contributed by atoms with Crippen molar-refractivity contribution in [1.29, 1.82) is 0 Å². The van der Waals surface area contributed by atoms with E-state index >= 15 is 0 Å².